The van der Waals surface area contributed by atoms with Crippen LogP contribution in [0.4, 0.5) is 5.82 Å². The van der Waals surface area contributed by atoms with E-state index in [2.05, 4.69) is 60.3 Å². The van der Waals surface area contributed by atoms with Crippen LogP contribution in [0.2, 0.25) is 5.04 Å². The van der Waals surface area contributed by atoms with Gasteiger partial charge in [0, 0.05) is 43.0 Å². The zero-order chi connectivity index (χ0) is 59.2. The van der Waals surface area contributed by atoms with Gasteiger partial charge in [-0.2, -0.15) is 4.98 Å². The SMILES string of the molecule is COc1ccc(C(OC[C@H]2O[C@@H](n3cc(C)c(=O)[nH]c3=O)C[C@@H]2OP(C)(=O)OC[C@H]2O[C@@H](n3ccc(NC(=O)c4ccccc4)nc3=O)C[C@@H]2O[Si](c2ccccc2)(c2ccccc2)C(C)(C)C)(c2ccccc2)c2ccc(OC)cc2)cc1. The number of methoxy groups -OCH3 is 2. The molecule has 0 saturated carbocycles. The van der Waals surface area contributed by atoms with Crippen LogP contribution in [0.5, 0.6) is 11.5 Å². The number of nitrogens with zero attached hydrogens (tertiary/aromatic N) is 3. The summed E-state index contributed by atoms with van der Waals surface area (Å²) in [7, 11) is -4.29. The highest BCUT2D eigenvalue weighted by atomic mass is 31.2. The molecule has 2 aromatic heterocycles. The van der Waals surface area contributed by atoms with Gasteiger partial charge in [-0.05, 0) is 81.5 Å². The lowest BCUT2D eigenvalue weighted by Gasteiger charge is -2.45. The Labute approximate surface area is 487 Å². The van der Waals surface area contributed by atoms with Crippen LogP contribution >= 0.6 is 7.60 Å². The summed E-state index contributed by atoms with van der Waals surface area (Å²) in [4.78, 5) is 59.8. The minimum absolute atomic E-state index is 0.0106. The van der Waals surface area contributed by atoms with Crippen molar-refractivity contribution in [3.63, 3.8) is 0 Å². The lowest BCUT2D eigenvalue weighted by molar-refractivity contribution is -0.0932. The van der Waals surface area contributed by atoms with E-state index in [1.54, 1.807) is 51.5 Å². The Balaban J connectivity index is 0.982. The molecule has 1 unspecified atom stereocenters. The maximum atomic E-state index is 15.2. The van der Waals surface area contributed by atoms with Gasteiger partial charge in [0.05, 0.1) is 39.6 Å². The third kappa shape index (κ3) is 12.5. The number of nitrogens with one attached hydrogen (secondary N) is 2. The molecule has 2 aliphatic rings. The van der Waals surface area contributed by atoms with Gasteiger partial charge in [-0.25, -0.2) is 9.59 Å². The summed E-state index contributed by atoms with van der Waals surface area (Å²) < 4.78 is 70.5. The summed E-state index contributed by atoms with van der Waals surface area (Å²) >= 11 is 0. The molecule has 0 bridgehead atoms. The van der Waals surface area contributed by atoms with Gasteiger partial charge in [0.1, 0.15) is 47.6 Å². The second-order valence-electron chi connectivity index (χ2n) is 21.9. The van der Waals surface area contributed by atoms with Crippen LogP contribution < -0.4 is 42.1 Å². The van der Waals surface area contributed by atoms with E-state index in [1.807, 2.05) is 115 Å². The third-order valence-electron chi connectivity index (χ3n) is 15.4. The molecule has 7 atom stereocenters. The Morgan fingerprint density at radius 2 is 1.18 bits per heavy atom. The number of aryl methyl sites for hydroxylation is 1. The van der Waals surface area contributed by atoms with E-state index in [0.29, 0.717) is 17.1 Å². The van der Waals surface area contributed by atoms with Gasteiger partial charge in [0.25, 0.3) is 19.8 Å². The van der Waals surface area contributed by atoms with Crippen LogP contribution in [0, 0.1) is 6.92 Å². The molecule has 4 heterocycles. The fourth-order valence-corrected chi connectivity index (χ4v) is 17.2. The van der Waals surface area contributed by atoms with Crippen LogP contribution in [-0.4, -0.2) is 91.8 Å². The molecule has 10 rings (SSSR count). The monoisotopic (exact) mass is 1170 g/mol. The number of hydrogen-bond acceptors (Lipinski definition) is 14. The summed E-state index contributed by atoms with van der Waals surface area (Å²) in [6.45, 7) is 8.91. The fraction of sp³-hybridized carbons (Fsp3) is 0.297. The van der Waals surface area contributed by atoms with Crippen molar-refractivity contribution in [3.05, 3.63) is 247 Å². The molecule has 84 heavy (non-hydrogen) atoms. The van der Waals surface area contributed by atoms with Crippen molar-refractivity contribution in [2.75, 3.05) is 39.4 Å². The van der Waals surface area contributed by atoms with E-state index >= 15 is 4.57 Å². The number of aromatic nitrogens is 4. The highest BCUT2D eigenvalue weighted by Gasteiger charge is 2.54. The molecular weight excluding hydrogens is 1110 g/mol. The lowest BCUT2D eigenvalue weighted by Crippen LogP contribution is -2.68. The summed E-state index contributed by atoms with van der Waals surface area (Å²) in [5, 5.41) is 4.25. The zero-order valence-electron chi connectivity index (χ0n) is 47.8. The molecule has 2 saturated heterocycles. The maximum absolute atomic E-state index is 15.2. The van der Waals surface area contributed by atoms with E-state index in [1.165, 1.54) is 34.3 Å². The number of rotatable bonds is 21. The normalized spacial score (nSPS) is 19.8. The van der Waals surface area contributed by atoms with Gasteiger partial charge >= 0.3 is 19.0 Å². The molecule has 0 aliphatic carbocycles. The molecule has 0 radical (unpaired) electrons. The quantitative estimate of drug-likeness (QED) is 0.0391. The maximum Gasteiger partial charge on any atom is 0.351 e. The largest absolute Gasteiger partial charge is 0.497 e. The standard InChI is InChI=1S/C64H68N5O13PSi/c1-43-40-69(62(73)67-59(43)70)58-38-52(54(79-58)41-77-64(45-22-14-9-15-23-45,46-28-32-48(75-5)33-29-46)47-30-34-49(76-6)35-31-47)81-83(7,74)78-42-55-53(82-84(63(2,3)4,50-24-16-10-17-25-50)51-26-18-11-19-27-51)39-57(80-55)68-37-36-56(66-61(68)72)65-60(71)44-20-12-8-13-21-44/h8-37,40,52-55,57-58H,38-39,41-42H2,1-7H3,(H,67,70,73)(H,65,66,71,72)/t52-,53-,54+,55+,57+,58+,83?/m0/s1. The average Bonchev–Trinajstić information content (AvgIpc) is 1.61. The Bertz CT molecular complexity index is 3690. The molecule has 2 aliphatic heterocycles. The van der Waals surface area contributed by atoms with Gasteiger partial charge in [-0.3, -0.25) is 28.3 Å². The molecule has 2 fully saturated rings. The summed E-state index contributed by atoms with van der Waals surface area (Å²) in [6.07, 6.45) is -2.59. The van der Waals surface area contributed by atoms with Crippen molar-refractivity contribution in [1.29, 1.82) is 0 Å². The first-order valence-electron chi connectivity index (χ1n) is 27.7. The smallest absolute Gasteiger partial charge is 0.351 e. The van der Waals surface area contributed by atoms with Crippen molar-refractivity contribution in [3.8, 4) is 11.5 Å². The van der Waals surface area contributed by atoms with Crippen molar-refractivity contribution >= 4 is 38.0 Å². The van der Waals surface area contributed by atoms with E-state index < -0.39 is 86.3 Å². The van der Waals surface area contributed by atoms with Crippen LogP contribution in [-0.2, 0) is 37.9 Å². The molecule has 6 aromatic carbocycles. The summed E-state index contributed by atoms with van der Waals surface area (Å²) in [5.41, 5.74) is -0.288. The predicted octanol–water partition coefficient (Wildman–Crippen LogP) is 9.13. The first-order chi connectivity index (χ1) is 40.4. The van der Waals surface area contributed by atoms with Gasteiger partial charge in [-0.15, -0.1) is 0 Å². The molecule has 436 valence electrons. The molecular formula is C64H68N5O13PSi. The molecule has 8 aromatic rings. The Kier molecular flexibility index (Phi) is 17.8. The van der Waals surface area contributed by atoms with E-state index in [-0.39, 0.29) is 37.4 Å². The second kappa shape index (κ2) is 25.2. The molecule has 20 heteroatoms. The molecule has 0 spiro atoms. The minimum Gasteiger partial charge on any atom is -0.497 e. The van der Waals surface area contributed by atoms with E-state index in [0.717, 1.165) is 27.1 Å². The van der Waals surface area contributed by atoms with Gasteiger partial charge in [-0.1, -0.05) is 154 Å². The number of anilines is 1. The number of carbonyl (C=O) groups excluding carboxylic acids is 1. The van der Waals surface area contributed by atoms with Crippen molar-refractivity contribution in [2.24, 2.45) is 0 Å². The Morgan fingerprint density at radius 1 is 0.679 bits per heavy atom. The van der Waals surface area contributed by atoms with Crippen LogP contribution in [0.3, 0.4) is 0 Å². The zero-order valence-corrected chi connectivity index (χ0v) is 49.7. The molecule has 2 N–H and O–H groups in total. The number of H-pyrrole nitrogens is 1. The number of benzene rings is 6. The topological polar surface area (TPSA) is 210 Å². The Hall–Kier alpha value is -7.84. The molecule has 18 nitrogen and oxygen atoms in total. The first-order valence-corrected chi connectivity index (χ1v) is 31.6. The van der Waals surface area contributed by atoms with Crippen LogP contribution in [0.1, 0.15) is 78.7 Å². The Morgan fingerprint density at radius 3 is 1.71 bits per heavy atom. The number of hydrogen-bond donors (Lipinski definition) is 2. The molecule has 1 amide bonds. The van der Waals surface area contributed by atoms with Gasteiger partial charge < -0.3 is 42.5 Å². The third-order valence-corrected chi connectivity index (χ3v) is 21.8. The summed E-state index contributed by atoms with van der Waals surface area (Å²) in [6, 6.07) is 55.1. The predicted molar refractivity (Wildman–Crippen MR) is 321 cm³/mol. The van der Waals surface area contributed by atoms with Crippen molar-refractivity contribution in [1.82, 2.24) is 19.1 Å². The number of ether oxygens (including phenoxy) is 5. The lowest BCUT2D eigenvalue weighted by atomic mass is 9.80. The second-order valence-corrected chi connectivity index (χ2v) is 28.1. The average molecular weight is 1170 g/mol. The highest BCUT2D eigenvalue weighted by Crippen LogP contribution is 2.51. The van der Waals surface area contributed by atoms with Crippen LogP contribution in [0.15, 0.2) is 203 Å². The first kappa shape index (κ1) is 59.3. The van der Waals surface area contributed by atoms with Gasteiger partial charge in [0.15, 0.2) is 0 Å². The fourth-order valence-electron chi connectivity index (χ4n) is 11.2. The number of carbonyl (C=O) groups is 1. The van der Waals surface area contributed by atoms with Crippen LogP contribution in [0.25, 0.3) is 0 Å². The van der Waals surface area contributed by atoms with Crippen molar-refractivity contribution < 1.29 is 46.5 Å². The van der Waals surface area contributed by atoms with E-state index in [4.69, 9.17) is 37.2 Å². The summed E-state index contributed by atoms with van der Waals surface area (Å²) in [5.74, 6) is 0.899. The van der Waals surface area contributed by atoms with Crippen molar-refractivity contribution in [2.45, 2.75) is 88.0 Å². The minimum atomic E-state index is -4.16. The van der Waals surface area contributed by atoms with Gasteiger partial charge in [0.2, 0.25) is 0 Å². The highest BCUT2D eigenvalue weighted by molar-refractivity contribution is 7.53. The van der Waals surface area contributed by atoms with E-state index in [9.17, 15) is 19.2 Å². The number of amides is 1. The number of aromatic amines is 1.